The zero-order valence-electron chi connectivity index (χ0n) is 16.9. The zero-order chi connectivity index (χ0) is 23.2. The average molecular weight is 461 g/mol. The Labute approximate surface area is 179 Å². The lowest BCUT2D eigenvalue weighted by molar-refractivity contribution is -0.192. The number of aryl methyl sites for hydroxylation is 1. The van der Waals surface area contributed by atoms with Crippen LogP contribution in [0.1, 0.15) is 22.0 Å². The molecule has 0 radical (unpaired) electrons. The van der Waals surface area contributed by atoms with Crippen molar-refractivity contribution in [1.29, 1.82) is 0 Å². The third-order valence-corrected chi connectivity index (χ3v) is 5.33. The molecule has 1 N–H and O–H groups in total. The first kappa shape index (κ1) is 24.5. The Morgan fingerprint density at radius 1 is 1.26 bits per heavy atom. The van der Waals surface area contributed by atoms with Crippen LogP contribution in [0.2, 0.25) is 0 Å². The minimum atomic E-state index is -5.08. The summed E-state index contributed by atoms with van der Waals surface area (Å²) in [4.78, 5) is 39.6. The van der Waals surface area contributed by atoms with E-state index >= 15 is 0 Å². The van der Waals surface area contributed by atoms with Crippen LogP contribution in [0.25, 0.3) is 0 Å². The van der Waals surface area contributed by atoms with E-state index in [0.717, 1.165) is 28.4 Å². The molecule has 3 rings (SSSR count). The maximum Gasteiger partial charge on any atom is 0.490 e. The van der Waals surface area contributed by atoms with Gasteiger partial charge in [0.25, 0.3) is 5.56 Å². The van der Waals surface area contributed by atoms with Crippen LogP contribution in [0.4, 0.5) is 13.2 Å². The molecule has 0 aliphatic carbocycles. The highest BCUT2D eigenvalue weighted by Crippen LogP contribution is 2.17. The van der Waals surface area contributed by atoms with Gasteiger partial charge in [-0.2, -0.15) is 13.2 Å². The maximum atomic E-state index is 12.4. The number of halogens is 3. The second kappa shape index (κ2) is 10.5. The van der Waals surface area contributed by atoms with Crippen molar-refractivity contribution in [2.45, 2.75) is 32.5 Å². The first-order chi connectivity index (χ1) is 14.5. The first-order valence-corrected chi connectivity index (χ1v) is 10.1. The van der Waals surface area contributed by atoms with E-state index in [0.29, 0.717) is 26.1 Å². The van der Waals surface area contributed by atoms with Gasteiger partial charge < -0.3 is 19.3 Å². The summed E-state index contributed by atoms with van der Waals surface area (Å²) in [6.07, 6.45) is -3.66. The number of carbonyl (C=O) groups excluding carboxylic acids is 1. The van der Waals surface area contributed by atoms with Gasteiger partial charge in [0.1, 0.15) is 6.61 Å². The van der Waals surface area contributed by atoms with E-state index in [1.165, 1.54) is 7.11 Å². The van der Waals surface area contributed by atoms with Gasteiger partial charge in [-0.15, -0.1) is 11.3 Å². The van der Waals surface area contributed by atoms with Crippen molar-refractivity contribution in [1.82, 2.24) is 14.5 Å². The molecule has 3 heterocycles. The van der Waals surface area contributed by atoms with E-state index in [9.17, 15) is 22.8 Å². The second-order valence-corrected chi connectivity index (χ2v) is 7.77. The number of aliphatic carboxylic acids is 1. The van der Waals surface area contributed by atoms with Crippen LogP contribution in [0.5, 0.6) is 0 Å². The number of nitrogens with zero attached hydrogens (tertiary/aromatic N) is 3. The summed E-state index contributed by atoms with van der Waals surface area (Å²) in [5, 5.41) is 10.1. The molecular weight excluding hydrogens is 439 g/mol. The topological polar surface area (TPSA) is 102 Å². The van der Waals surface area contributed by atoms with Crippen LogP contribution in [0.3, 0.4) is 0 Å². The zero-order valence-corrected chi connectivity index (χ0v) is 17.8. The molecule has 0 atom stereocenters. The second-order valence-electron chi connectivity index (χ2n) is 6.70. The van der Waals surface area contributed by atoms with Gasteiger partial charge >= 0.3 is 12.1 Å². The fraction of sp³-hybridized carbons (Fsp3) is 0.474. The van der Waals surface area contributed by atoms with Crippen LogP contribution in [-0.2, 0) is 33.7 Å². The standard InChI is InChI=1S/C17H21N3O3S.C2HF3O2/c1-12-18-14(11-24-12)9-20-15-6-8-19(17(22)10-23-2)7-5-13(15)3-4-16(20)21;3-2(4,5)1(6)7/h3-4,11H,5-10H2,1-2H3;(H,6,7). The normalized spacial score (nSPS) is 13.6. The molecule has 1 amide bonds. The Morgan fingerprint density at radius 3 is 2.45 bits per heavy atom. The van der Waals surface area contributed by atoms with Crippen LogP contribution in [0.15, 0.2) is 22.3 Å². The summed E-state index contributed by atoms with van der Waals surface area (Å²) in [5.74, 6) is -2.76. The number of thiazole rings is 1. The number of hydrogen-bond donors (Lipinski definition) is 1. The van der Waals surface area contributed by atoms with Crippen molar-refractivity contribution in [2.24, 2.45) is 0 Å². The van der Waals surface area contributed by atoms with Gasteiger partial charge in [-0.1, -0.05) is 6.07 Å². The summed E-state index contributed by atoms with van der Waals surface area (Å²) in [6.45, 7) is 3.80. The Balaban J connectivity index is 0.000000423. The third kappa shape index (κ3) is 6.89. The van der Waals surface area contributed by atoms with Crippen LogP contribution >= 0.6 is 11.3 Å². The number of methoxy groups -OCH3 is 1. The van der Waals surface area contributed by atoms with Gasteiger partial charge in [0, 0.05) is 43.8 Å². The summed E-state index contributed by atoms with van der Waals surface area (Å²) in [5.41, 5.74) is 3.04. The van der Waals surface area contributed by atoms with Crippen LogP contribution < -0.4 is 5.56 Å². The van der Waals surface area contributed by atoms with Gasteiger partial charge in [-0.3, -0.25) is 9.59 Å². The Hall–Kier alpha value is -2.73. The van der Waals surface area contributed by atoms with E-state index in [2.05, 4.69) is 4.98 Å². The number of pyridine rings is 1. The minimum Gasteiger partial charge on any atom is -0.475 e. The predicted molar refractivity (Wildman–Crippen MR) is 106 cm³/mol. The number of alkyl halides is 3. The molecule has 0 spiro atoms. The predicted octanol–water partition coefficient (Wildman–Crippen LogP) is 1.87. The monoisotopic (exact) mass is 461 g/mol. The van der Waals surface area contributed by atoms with Crippen LogP contribution in [-0.4, -0.2) is 64.4 Å². The van der Waals surface area contributed by atoms with Crippen molar-refractivity contribution in [3.05, 3.63) is 49.8 Å². The van der Waals surface area contributed by atoms with Gasteiger partial charge in [-0.25, -0.2) is 9.78 Å². The quantitative estimate of drug-likeness (QED) is 0.746. The van der Waals surface area contributed by atoms with E-state index in [1.807, 2.05) is 23.3 Å². The fourth-order valence-corrected chi connectivity index (χ4v) is 3.68. The molecule has 2 aromatic heterocycles. The van der Waals surface area contributed by atoms with E-state index in [4.69, 9.17) is 14.6 Å². The van der Waals surface area contributed by atoms with Crippen molar-refractivity contribution >= 4 is 23.2 Å². The van der Waals surface area contributed by atoms with E-state index in [1.54, 1.807) is 22.0 Å². The number of carboxylic acids is 1. The lowest BCUT2D eigenvalue weighted by atomic mass is 10.1. The maximum absolute atomic E-state index is 12.4. The highest BCUT2D eigenvalue weighted by Gasteiger charge is 2.38. The lowest BCUT2D eigenvalue weighted by Crippen LogP contribution is -2.35. The molecule has 2 aromatic rings. The number of aromatic nitrogens is 2. The van der Waals surface area contributed by atoms with Crippen molar-refractivity contribution in [2.75, 3.05) is 26.8 Å². The highest BCUT2D eigenvalue weighted by atomic mass is 32.1. The van der Waals surface area contributed by atoms with Gasteiger partial charge in [0.2, 0.25) is 5.91 Å². The number of ether oxygens (including phenoxy) is 1. The fourth-order valence-electron chi connectivity index (χ4n) is 3.08. The molecule has 31 heavy (non-hydrogen) atoms. The molecule has 1 aliphatic rings. The number of carboxylic acid groups (broad SMARTS) is 1. The lowest BCUT2D eigenvalue weighted by Gasteiger charge is -2.19. The third-order valence-electron chi connectivity index (χ3n) is 4.51. The highest BCUT2D eigenvalue weighted by molar-refractivity contribution is 7.09. The molecule has 0 aromatic carbocycles. The summed E-state index contributed by atoms with van der Waals surface area (Å²) in [6, 6.07) is 3.51. The molecule has 12 heteroatoms. The first-order valence-electron chi connectivity index (χ1n) is 9.22. The van der Waals surface area contributed by atoms with Crippen LogP contribution in [0, 0.1) is 6.92 Å². The SMILES string of the molecule is COCC(=O)N1CCc2ccc(=O)n(Cc3csc(C)n3)c2CC1.O=C(O)C(F)(F)F. The van der Waals surface area contributed by atoms with Gasteiger partial charge in [0.05, 0.1) is 17.2 Å². The largest absolute Gasteiger partial charge is 0.490 e. The number of rotatable bonds is 4. The van der Waals surface area contributed by atoms with Gasteiger partial charge in [0.15, 0.2) is 0 Å². The summed E-state index contributed by atoms with van der Waals surface area (Å²) in [7, 11) is 1.53. The summed E-state index contributed by atoms with van der Waals surface area (Å²) >= 11 is 1.59. The molecule has 0 unspecified atom stereocenters. The van der Waals surface area contributed by atoms with E-state index < -0.39 is 12.1 Å². The molecular formula is C19H22F3N3O5S. The number of fused-ring (bicyclic) bond motifs is 1. The van der Waals surface area contributed by atoms with Crippen molar-refractivity contribution in [3.8, 4) is 0 Å². The molecule has 170 valence electrons. The number of hydrogen-bond acceptors (Lipinski definition) is 6. The van der Waals surface area contributed by atoms with Gasteiger partial charge in [-0.05, 0) is 18.9 Å². The summed E-state index contributed by atoms with van der Waals surface area (Å²) < 4.78 is 38.5. The molecule has 0 bridgehead atoms. The minimum absolute atomic E-state index is 0.00525. The van der Waals surface area contributed by atoms with Crippen molar-refractivity contribution < 1.29 is 32.6 Å². The van der Waals surface area contributed by atoms with Crippen molar-refractivity contribution in [3.63, 3.8) is 0 Å². The number of carbonyl (C=O) groups is 2. The average Bonchev–Trinajstić information content (AvgIpc) is 2.97. The Morgan fingerprint density at radius 2 is 1.90 bits per heavy atom. The molecule has 1 aliphatic heterocycles. The molecule has 0 saturated carbocycles. The number of amides is 1. The van der Waals surface area contributed by atoms with E-state index in [-0.39, 0.29) is 18.1 Å². The Bertz CT molecular complexity index is 987. The molecule has 0 saturated heterocycles. The Kier molecular flexibility index (Phi) is 8.34. The molecule has 8 nitrogen and oxygen atoms in total. The molecule has 0 fully saturated rings. The smallest absolute Gasteiger partial charge is 0.475 e.